The van der Waals surface area contributed by atoms with Crippen molar-refractivity contribution in [3.8, 4) is 0 Å². The van der Waals surface area contributed by atoms with Gasteiger partial charge in [-0.05, 0) is 13.0 Å². The third-order valence-corrected chi connectivity index (χ3v) is 2.70. The monoisotopic (exact) mass is 212 g/mol. The number of nitrogens with zero attached hydrogens (tertiary/aromatic N) is 2. The van der Waals surface area contributed by atoms with Gasteiger partial charge in [0.2, 0.25) is 0 Å². The summed E-state index contributed by atoms with van der Waals surface area (Å²) in [6.45, 7) is 4.02. The Kier molecular flexibility index (Phi) is 2.47. The van der Waals surface area contributed by atoms with Crippen molar-refractivity contribution in [1.29, 1.82) is 0 Å². The Bertz CT molecular complexity index is 333. The highest BCUT2D eigenvalue weighted by Gasteiger charge is 2.36. The van der Waals surface area contributed by atoms with Crippen LogP contribution in [-0.4, -0.2) is 33.7 Å². The summed E-state index contributed by atoms with van der Waals surface area (Å²) in [5.74, 6) is 0. The molecule has 1 aromatic rings. The fraction of sp³-hybridized carbons (Fsp3) is 0.500. The van der Waals surface area contributed by atoms with E-state index in [2.05, 4.69) is 9.88 Å². The maximum Gasteiger partial charge on any atom is 0.133 e. The molecule has 0 radical (unpaired) electrons. The standard InChI is InChI=1S/C10H13ClN2O/c1-10(14)6-13(7-10)5-8-3-2-4-12-9(8)11/h2-4,14H,5-7H2,1H3. The van der Waals surface area contributed by atoms with Gasteiger partial charge in [-0.1, -0.05) is 17.7 Å². The second-order valence-corrected chi connectivity index (χ2v) is 4.45. The fourth-order valence-corrected chi connectivity index (χ4v) is 1.99. The lowest BCUT2D eigenvalue weighted by molar-refractivity contribution is -0.0871. The number of hydrogen-bond donors (Lipinski definition) is 1. The quantitative estimate of drug-likeness (QED) is 0.751. The molecule has 0 saturated carbocycles. The molecule has 14 heavy (non-hydrogen) atoms. The van der Waals surface area contributed by atoms with E-state index in [1.54, 1.807) is 6.20 Å². The molecule has 1 aromatic heterocycles. The topological polar surface area (TPSA) is 36.4 Å². The molecule has 4 heteroatoms. The average molecular weight is 213 g/mol. The van der Waals surface area contributed by atoms with Crippen molar-refractivity contribution in [3.05, 3.63) is 29.0 Å². The molecule has 2 rings (SSSR count). The predicted octanol–water partition coefficient (Wildman–Crippen LogP) is 1.30. The number of hydrogen-bond acceptors (Lipinski definition) is 3. The van der Waals surface area contributed by atoms with E-state index in [9.17, 15) is 5.11 Å². The van der Waals surface area contributed by atoms with Crippen LogP contribution in [0.5, 0.6) is 0 Å². The van der Waals surface area contributed by atoms with E-state index in [1.807, 2.05) is 19.1 Å². The summed E-state index contributed by atoms with van der Waals surface area (Å²) in [4.78, 5) is 6.14. The summed E-state index contributed by atoms with van der Waals surface area (Å²) in [7, 11) is 0. The third kappa shape index (κ3) is 2.05. The van der Waals surface area contributed by atoms with Crippen LogP contribution in [-0.2, 0) is 6.54 Å². The number of halogens is 1. The number of aliphatic hydroxyl groups is 1. The molecule has 76 valence electrons. The lowest BCUT2D eigenvalue weighted by Gasteiger charge is -2.44. The smallest absolute Gasteiger partial charge is 0.133 e. The minimum atomic E-state index is -0.519. The Morgan fingerprint density at radius 3 is 2.93 bits per heavy atom. The largest absolute Gasteiger partial charge is 0.388 e. The zero-order valence-corrected chi connectivity index (χ0v) is 8.83. The number of pyridine rings is 1. The van der Waals surface area contributed by atoms with E-state index in [4.69, 9.17) is 11.6 Å². The van der Waals surface area contributed by atoms with Crippen LogP contribution < -0.4 is 0 Å². The Morgan fingerprint density at radius 2 is 2.36 bits per heavy atom. The van der Waals surface area contributed by atoms with Crippen molar-refractivity contribution < 1.29 is 5.11 Å². The Hall–Kier alpha value is -0.640. The molecule has 3 nitrogen and oxygen atoms in total. The number of aromatic nitrogens is 1. The molecule has 0 aliphatic carbocycles. The maximum atomic E-state index is 9.54. The Balaban J connectivity index is 1.97. The Morgan fingerprint density at radius 1 is 1.64 bits per heavy atom. The van der Waals surface area contributed by atoms with Crippen LogP contribution in [0.1, 0.15) is 12.5 Å². The average Bonchev–Trinajstić information content (AvgIpc) is 2.05. The molecular weight excluding hydrogens is 200 g/mol. The molecule has 1 aliphatic heterocycles. The number of rotatable bonds is 2. The van der Waals surface area contributed by atoms with Gasteiger partial charge in [0.05, 0.1) is 5.60 Å². The number of likely N-dealkylation sites (tertiary alicyclic amines) is 1. The lowest BCUT2D eigenvalue weighted by atomic mass is 9.96. The van der Waals surface area contributed by atoms with Crippen molar-refractivity contribution in [1.82, 2.24) is 9.88 Å². The summed E-state index contributed by atoms with van der Waals surface area (Å²) in [5, 5.41) is 10.1. The molecular formula is C10H13ClN2O. The van der Waals surface area contributed by atoms with Gasteiger partial charge in [-0.15, -0.1) is 0 Å². The van der Waals surface area contributed by atoms with Crippen LogP contribution in [0.2, 0.25) is 5.15 Å². The van der Waals surface area contributed by atoms with Crippen molar-refractivity contribution in [3.63, 3.8) is 0 Å². The van der Waals surface area contributed by atoms with Gasteiger partial charge < -0.3 is 5.11 Å². The van der Waals surface area contributed by atoms with E-state index < -0.39 is 5.60 Å². The summed E-state index contributed by atoms with van der Waals surface area (Å²) in [6.07, 6.45) is 1.68. The van der Waals surface area contributed by atoms with Crippen LogP contribution in [0.4, 0.5) is 0 Å². The van der Waals surface area contributed by atoms with Gasteiger partial charge in [-0.3, -0.25) is 4.90 Å². The minimum Gasteiger partial charge on any atom is -0.388 e. The van der Waals surface area contributed by atoms with Crippen LogP contribution >= 0.6 is 11.6 Å². The predicted molar refractivity (Wildman–Crippen MR) is 55.1 cm³/mol. The van der Waals surface area contributed by atoms with Gasteiger partial charge in [0.25, 0.3) is 0 Å². The van der Waals surface area contributed by atoms with E-state index in [0.717, 1.165) is 12.1 Å². The summed E-state index contributed by atoms with van der Waals surface area (Å²) in [6, 6.07) is 3.83. The summed E-state index contributed by atoms with van der Waals surface area (Å²) in [5.41, 5.74) is 0.499. The van der Waals surface area contributed by atoms with Crippen molar-refractivity contribution in [2.45, 2.75) is 19.1 Å². The molecule has 0 aromatic carbocycles. The van der Waals surface area contributed by atoms with Gasteiger partial charge in [-0.25, -0.2) is 4.98 Å². The molecule has 0 bridgehead atoms. The molecule has 1 fully saturated rings. The van der Waals surface area contributed by atoms with Crippen molar-refractivity contribution in [2.75, 3.05) is 13.1 Å². The molecule has 1 N–H and O–H groups in total. The lowest BCUT2D eigenvalue weighted by Crippen LogP contribution is -2.59. The molecule has 0 atom stereocenters. The fourth-order valence-electron chi connectivity index (χ4n) is 1.81. The molecule has 0 amide bonds. The molecule has 1 aliphatic rings. The van der Waals surface area contributed by atoms with Crippen LogP contribution in [0.15, 0.2) is 18.3 Å². The maximum absolute atomic E-state index is 9.54. The SMILES string of the molecule is CC1(O)CN(Cc2cccnc2Cl)C1. The van der Waals surface area contributed by atoms with Gasteiger partial charge >= 0.3 is 0 Å². The molecule has 0 spiro atoms. The van der Waals surface area contributed by atoms with E-state index in [-0.39, 0.29) is 0 Å². The first-order valence-corrected chi connectivity index (χ1v) is 4.99. The van der Waals surface area contributed by atoms with Gasteiger partial charge in [0.1, 0.15) is 5.15 Å². The normalized spacial score (nSPS) is 20.5. The van der Waals surface area contributed by atoms with Gasteiger partial charge in [0, 0.05) is 31.4 Å². The third-order valence-electron chi connectivity index (χ3n) is 2.36. The van der Waals surface area contributed by atoms with Crippen LogP contribution in [0.3, 0.4) is 0 Å². The van der Waals surface area contributed by atoms with Gasteiger partial charge in [0.15, 0.2) is 0 Å². The summed E-state index contributed by atoms with van der Waals surface area (Å²) >= 11 is 5.92. The first-order chi connectivity index (χ1) is 6.57. The highest BCUT2D eigenvalue weighted by Crippen LogP contribution is 2.23. The molecule has 1 saturated heterocycles. The second-order valence-electron chi connectivity index (χ2n) is 4.10. The van der Waals surface area contributed by atoms with Crippen molar-refractivity contribution >= 4 is 11.6 Å². The highest BCUT2D eigenvalue weighted by atomic mass is 35.5. The first kappa shape index (κ1) is 9.90. The van der Waals surface area contributed by atoms with Crippen LogP contribution in [0, 0.1) is 0 Å². The molecule has 2 heterocycles. The van der Waals surface area contributed by atoms with E-state index >= 15 is 0 Å². The molecule has 0 unspecified atom stereocenters. The second kappa shape index (κ2) is 3.50. The van der Waals surface area contributed by atoms with Gasteiger partial charge in [-0.2, -0.15) is 0 Å². The van der Waals surface area contributed by atoms with E-state index in [0.29, 0.717) is 18.2 Å². The highest BCUT2D eigenvalue weighted by molar-refractivity contribution is 6.30. The summed E-state index contributed by atoms with van der Waals surface area (Å²) < 4.78 is 0. The first-order valence-electron chi connectivity index (χ1n) is 4.61. The zero-order chi connectivity index (χ0) is 10.2. The minimum absolute atomic E-state index is 0.519. The van der Waals surface area contributed by atoms with E-state index in [1.165, 1.54) is 0 Å². The van der Waals surface area contributed by atoms with Crippen LogP contribution in [0.25, 0.3) is 0 Å². The van der Waals surface area contributed by atoms with Crippen molar-refractivity contribution in [2.24, 2.45) is 0 Å². The Labute approximate surface area is 88.3 Å². The zero-order valence-electron chi connectivity index (χ0n) is 8.07. The number of β-amino-alcohol motifs (C(OH)–C–C–N with tert-alkyl or cyclic N) is 1.